The number of nitrogens with zero attached hydrogens (tertiary/aromatic N) is 4. The summed E-state index contributed by atoms with van der Waals surface area (Å²) in [5, 5.41) is 0. The highest BCUT2D eigenvalue weighted by Crippen LogP contribution is 2.27. The summed E-state index contributed by atoms with van der Waals surface area (Å²) in [4.78, 5) is 26.9. The molecular formula is C24H23N5O. The molecule has 6 nitrogen and oxygen atoms in total. The SMILES string of the molecule is O=C(c1ccc(-c2cn(-c3ccccc3)cn2)cc1)N1CCC(c2ncc[nH]2)CC1. The number of hydrogen-bond donors (Lipinski definition) is 1. The molecule has 0 unspecified atom stereocenters. The maximum absolute atomic E-state index is 12.9. The number of nitrogens with one attached hydrogen (secondary N) is 1. The van der Waals surface area contributed by atoms with Gasteiger partial charge in [0.05, 0.1) is 12.0 Å². The molecule has 30 heavy (non-hydrogen) atoms. The molecule has 0 atom stereocenters. The normalized spacial score (nSPS) is 14.7. The van der Waals surface area contributed by atoms with Crippen molar-refractivity contribution < 1.29 is 4.79 Å². The summed E-state index contributed by atoms with van der Waals surface area (Å²) in [6.07, 6.45) is 9.34. The van der Waals surface area contributed by atoms with Gasteiger partial charge in [0.2, 0.25) is 0 Å². The van der Waals surface area contributed by atoms with Crippen molar-refractivity contribution >= 4 is 5.91 Å². The first-order chi connectivity index (χ1) is 14.8. The van der Waals surface area contributed by atoms with Crippen molar-refractivity contribution in [1.29, 1.82) is 0 Å². The predicted molar refractivity (Wildman–Crippen MR) is 115 cm³/mol. The summed E-state index contributed by atoms with van der Waals surface area (Å²) < 4.78 is 2.00. The van der Waals surface area contributed by atoms with Crippen molar-refractivity contribution in [3.8, 4) is 16.9 Å². The molecule has 0 spiro atoms. The Morgan fingerprint density at radius 1 is 0.967 bits per heavy atom. The number of benzene rings is 2. The van der Waals surface area contributed by atoms with E-state index in [0.717, 1.165) is 54.3 Å². The van der Waals surface area contributed by atoms with Crippen LogP contribution in [0.25, 0.3) is 16.9 Å². The van der Waals surface area contributed by atoms with Crippen molar-refractivity contribution in [1.82, 2.24) is 24.4 Å². The zero-order valence-corrected chi connectivity index (χ0v) is 16.6. The molecule has 1 saturated heterocycles. The number of likely N-dealkylation sites (tertiary alicyclic amines) is 1. The molecule has 0 bridgehead atoms. The van der Waals surface area contributed by atoms with Crippen LogP contribution in [-0.2, 0) is 0 Å². The number of rotatable bonds is 4. The highest BCUT2D eigenvalue weighted by atomic mass is 16.2. The number of carbonyl (C=O) groups excluding carboxylic acids is 1. The Kier molecular flexibility index (Phi) is 4.89. The number of hydrogen-bond acceptors (Lipinski definition) is 3. The van der Waals surface area contributed by atoms with Crippen LogP contribution < -0.4 is 0 Å². The Balaban J connectivity index is 1.25. The van der Waals surface area contributed by atoms with Crippen molar-refractivity contribution in [3.63, 3.8) is 0 Å². The average Bonchev–Trinajstić information content (AvgIpc) is 3.52. The fourth-order valence-corrected chi connectivity index (χ4v) is 4.04. The van der Waals surface area contributed by atoms with Crippen LogP contribution in [0, 0.1) is 0 Å². The predicted octanol–water partition coefficient (Wildman–Crippen LogP) is 4.28. The molecule has 0 radical (unpaired) electrons. The average molecular weight is 397 g/mol. The second-order valence-electron chi connectivity index (χ2n) is 7.62. The van der Waals surface area contributed by atoms with Crippen molar-refractivity contribution in [2.75, 3.05) is 13.1 Å². The third-order valence-corrected chi connectivity index (χ3v) is 5.75. The van der Waals surface area contributed by atoms with E-state index >= 15 is 0 Å². The van der Waals surface area contributed by atoms with Crippen LogP contribution in [0.4, 0.5) is 0 Å². The summed E-state index contributed by atoms with van der Waals surface area (Å²) in [5.74, 6) is 1.53. The van der Waals surface area contributed by atoms with E-state index < -0.39 is 0 Å². The third-order valence-electron chi connectivity index (χ3n) is 5.75. The van der Waals surface area contributed by atoms with Crippen LogP contribution in [0.2, 0.25) is 0 Å². The zero-order chi connectivity index (χ0) is 20.3. The summed E-state index contributed by atoms with van der Waals surface area (Å²) in [6.45, 7) is 1.51. The van der Waals surface area contributed by atoms with E-state index in [-0.39, 0.29) is 5.91 Å². The van der Waals surface area contributed by atoms with E-state index in [9.17, 15) is 4.79 Å². The van der Waals surface area contributed by atoms with Crippen LogP contribution in [0.15, 0.2) is 79.5 Å². The number of piperidine rings is 1. The van der Waals surface area contributed by atoms with Crippen molar-refractivity contribution in [3.05, 3.63) is 90.9 Å². The van der Waals surface area contributed by atoms with E-state index in [1.807, 2.05) is 82.8 Å². The first-order valence-corrected chi connectivity index (χ1v) is 10.3. The van der Waals surface area contributed by atoms with Gasteiger partial charge in [0, 0.05) is 54.4 Å². The third kappa shape index (κ3) is 3.64. The fourth-order valence-electron chi connectivity index (χ4n) is 4.04. The molecule has 1 fully saturated rings. The Labute approximate surface area is 175 Å². The Bertz CT molecular complexity index is 1110. The molecule has 2 aromatic carbocycles. The van der Waals surface area contributed by atoms with E-state index in [4.69, 9.17) is 0 Å². The van der Waals surface area contributed by atoms with Gasteiger partial charge in [-0.25, -0.2) is 9.97 Å². The molecule has 4 aromatic rings. The van der Waals surface area contributed by atoms with E-state index in [2.05, 4.69) is 15.0 Å². The molecule has 150 valence electrons. The van der Waals surface area contributed by atoms with Gasteiger partial charge in [-0.3, -0.25) is 4.79 Å². The molecule has 1 aliphatic rings. The summed E-state index contributed by atoms with van der Waals surface area (Å²) in [6, 6.07) is 17.8. The maximum Gasteiger partial charge on any atom is 0.253 e. The molecule has 1 amide bonds. The zero-order valence-electron chi connectivity index (χ0n) is 16.6. The quantitative estimate of drug-likeness (QED) is 0.559. The molecule has 0 aliphatic carbocycles. The highest BCUT2D eigenvalue weighted by molar-refractivity contribution is 5.94. The smallest absolute Gasteiger partial charge is 0.253 e. The van der Waals surface area contributed by atoms with Crippen molar-refractivity contribution in [2.45, 2.75) is 18.8 Å². The lowest BCUT2D eigenvalue weighted by atomic mass is 9.95. The van der Waals surface area contributed by atoms with Crippen molar-refractivity contribution in [2.24, 2.45) is 0 Å². The Hall–Kier alpha value is -3.67. The molecule has 1 N–H and O–H groups in total. The van der Waals surface area contributed by atoms with Gasteiger partial charge in [-0.15, -0.1) is 0 Å². The lowest BCUT2D eigenvalue weighted by molar-refractivity contribution is 0.0711. The van der Waals surface area contributed by atoms with Crippen LogP contribution in [0.5, 0.6) is 0 Å². The molecule has 0 saturated carbocycles. The van der Waals surface area contributed by atoms with Gasteiger partial charge in [0.25, 0.3) is 5.91 Å². The van der Waals surface area contributed by atoms with Gasteiger partial charge >= 0.3 is 0 Å². The van der Waals surface area contributed by atoms with Crippen LogP contribution in [-0.4, -0.2) is 43.4 Å². The van der Waals surface area contributed by atoms with Crippen LogP contribution in [0.1, 0.15) is 34.9 Å². The number of imidazole rings is 2. The number of carbonyl (C=O) groups is 1. The Morgan fingerprint density at radius 2 is 1.73 bits per heavy atom. The molecule has 6 heteroatoms. The van der Waals surface area contributed by atoms with Gasteiger partial charge in [-0.05, 0) is 37.1 Å². The second kappa shape index (κ2) is 7.99. The summed E-state index contributed by atoms with van der Waals surface area (Å²) >= 11 is 0. The van der Waals surface area contributed by atoms with E-state index in [1.54, 1.807) is 6.20 Å². The van der Waals surface area contributed by atoms with Gasteiger partial charge in [0.15, 0.2) is 0 Å². The molecule has 5 rings (SSSR count). The minimum atomic E-state index is 0.0919. The largest absolute Gasteiger partial charge is 0.348 e. The minimum Gasteiger partial charge on any atom is -0.348 e. The lowest BCUT2D eigenvalue weighted by Crippen LogP contribution is -2.38. The van der Waals surface area contributed by atoms with Gasteiger partial charge in [-0.2, -0.15) is 0 Å². The number of amides is 1. The molecule has 3 heterocycles. The van der Waals surface area contributed by atoms with E-state index in [0.29, 0.717) is 5.92 Å². The minimum absolute atomic E-state index is 0.0919. The first kappa shape index (κ1) is 18.4. The topological polar surface area (TPSA) is 66.8 Å². The molecular weight excluding hydrogens is 374 g/mol. The van der Waals surface area contributed by atoms with Crippen LogP contribution in [0.3, 0.4) is 0 Å². The maximum atomic E-state index is 12.9. The van der Waals surface area contributed by atoms with Gasteiger partial charge < -0.3 is 14.5 Å². The second-order valence-corrected chi connectivity index (χ2v) is 7.62. The standard InChI is InChI=1S/C24H23N5O/c30-24(28-14-10-19(11-15-28)23-25-12-13-26-23)20-8-6-18(7-9-20)22-16-29(17-27-22)21-4-2-1-3-5-21/h1-9,12-13,16-17,19H,10-11,14-15H2,(H,25,26). The monoisotopic (exact) mass is 397 g/mol. The molecule has 2 aromatic heterocycles. The lowest BCUT2D eigenvalue weighted by Gasteiger charge is -2.31. The van der Waals surface area contributed by atoms with Gasteiger partial charge in [-0.1, -0.05) is 30.3 Å². The number of aromatic amines is 1. The highest BCUT2D eigenvalue weighted by Gasteiger charge is 2.25. The summed E-state index contributed by atoms with van der Waals surface area (Å²) in [7, 11) is 0. The van der Waals surface area contributed by atoms with E-state index in [1.165, 1.54) is 0 Å². The number of para-hydroxylation sites is 1. The number of aromatic nitrogens is 4. The van der Waals surface area contributed by atoms with Crippen LogP contribution >= 0.6 is 0 Å². The van der Waals surface area contributed by atoms with Gasteiger partial charge in [0.1, 0.15) is 5.82 Å². The molecule has 1 aliphatic heterocycles. The first-order valence-electron chi connectivity index (χ1n) is 10.3. The Morgan fingerprint density at radius 3 is 2.43 bits per heavy atom. The fraction of sp³-hybridized carbons (Fsp3) is 0.208. The number of H-pyrrole nitrogens is 1. The summed E-state index contributed by atoms with van der Waals surface area (Å²) in [5.41, 5.74) is 3.67.